The van der Waals surface area contributed by atoms with Gasteiger partial charge in [0, 0.05) is 29.4 Å². The van der Waals surface area contributed by atoms with Crippen LogP contribution in [0.25, 0.3) is 11.3 Å². The number of hydrogen-bond donors (Lipinski definition) is 1. The highest BCUT2D eigenvalue weighted by atomic mass is 32.1. The van der Waals surface area contributed by atoms with E-state index in [0.29, 0.717) is 23.2 Å². The molecular weight excluding hydrogens is 338 g/mol. The molecule has 0 fully saturated rings. The molecule has 3 heterocycles. The Morgan fingerprint density at radius 3 is 3.16 bits per heavy atom. The lowest BCUT2D eigenvalue weighted by molar-refractivity contribution is 0.102. The molecule has 3 aromatic heterocycles. The van der Waals surface area contributed by atoms with Crippen LogP contribution in [0.1, 0.15) is 27.9 Å². The molecule has 0 atom stereocenters. The fraction of sp³-hybridized carbons (Fsp3) is 0.294. The Hall–Kier alpha value is -2.74. The molecule has 1 aliphatic carbocycles. The number of ether oxygens (including phenoxy) is 1. The average Bonchev–Trinajstić information content (AvgIpc) is 3.18. The van der Waals surface area contributed by atoms with Gasteiger partial charge in [0.15, 0.2) is 5.13 Å². The highest BCUT2D eigenvalue weighted by molar-refractivity contribution is 7.16. The maximum Gasteiger partial charge on any atom is 0.262 e. The molecule has 0 unspecified atom stereocenters. The highest BCUT2D eigenvalue weighted by Crippen LogP contribution is 2.38. The first-order valence-electron chi connectivity index (χ1n) is 8.07. The van der Waals surface area contributed by atoms with Crippen molar-refractivity contribution in [1.29, 1.82) is 0 Å². The summed E-state index contributed by atoms with van der Waals surface area (Å²) in [6.07, 6.45) is 5.29. The van der Waals surface area contributed by atoms with Gasteiger partial charge >= 0.3 is 0 Å². The molecule has 4 rings (SSSR count). The van der Waals surface area contributed by atoms with E-state index in [0.717, 1.165) is 24.1 Å². The number of fused-ring (bicyclic) bond motifs is 3. The van der Waals surface area contributed by atoms with Crippen molar-refractivity contribution in [1.82, 2.24) is 19.7 Å². The van der Waals surface area contributed by atoms with Gasteiger partial charge in [-0.15, -0.1) is 11.3 Å². The fourth-order valence-corrected chi connectivity index (χ4v) is 3.92. The number of hydrogen-bond acceptors (Lipinski definition) is 6. The number of nitrogens with one attached hydrogen (secondary N) is 1. The van der Waals surface area contributed by atoms with E-state index in [2.05, 4.69) is 20.4 Å². The van der Waals surface area contributed by atoms with E-state index < -0.39 is 0 Å². The van der Waals surface area contributed by atoms with Crippen LogP contribution in [0.4, 0.5) is 5.13 Å². The second-order valence-electron chi connectivity index (χ2n) is 5.66. The summed E-state index contributed by atoms with van der Waals surface area (Å²) in [6.45, 7) is 2.31. The summed E-state index contributed by atoms with van der Waals surface area (Å²) in [6, 6.07) is 3.41. The number of carbonyl (C=O) groups excluding carboxylic acids is 1. The van der Waals surface area contributed by atoms with Gasteiger partial charge in [0.05, 0.1) is 18.5 Å². The number of aryl methyl sites for hydroxylation is 2. The number of aromatic nitrogens is 4. The van der Waals surface area contributed by atoms with Crippen LogP contribution in [0.5, 0.6) is 5.88 Å². The minimum atomic E-state index is -0.269. The zero-order valence-electron chi connectivity index (χ0n) is 13.9. The molecule has 0 radical (unpaired) electrons. The van der Waals surface area contributed by atoms with Crippen LogP contribution in [0.3, 0.4) is 0 Å². The van der Waals surface area contributed by atoms with E-state index in [9.17, 15) is 4.79 Å². The van der Waals surface area contributed by atoms with E-state index in [4.69, 9.17) is 4.74 Å². The van der Waals surface area contributed by atoms with Crippen molar-refractivity contribution < 1.29 is 9.53 Å². The van der Waals surface area contributed by atoms with Crippen LogP contribution in [0, 0.1) is 0 Å². The van der Waals surface area contributed by atoms with Crippen molar-refractivity contribution in [2.75, 3.05) is 11.9 Å². The lowest BCUT2D eigenvalue weighted by Gasteiger charge is -2.10. The van der Waals surface area contributed by atoms with Gasteiger partial charge in [0.25, 0.3) is 5.91 Å². The predicted molar refractivity (Wildman–Crippen MR) is 95.1 cm³/mol. The summed E-state index contributed by atoms with van der Waals surface area (Å²) in [4.78, 5) is 22.5. The summed E-state index contributed by atoms with van der Waals surface area (Å²) in [5.41, 5.74) is 3.56. The monoisotopic (exact) mass is 355 g/mol. The highest BCUT2D eigenvalue weighted by Gasteiger charge is 2.24. The van der Waals surface area contributed by atoms with Gasteiger partial charge in [-0.2, -0.15) is 5.10 Å². The third kappa shape index (κ3) is 2.78. The molecular formula is C17H17N5O2S. The van der Waals surface area contributed by atoms with E-state index in [-0.39, 0.29) is 5.91 Å². The van der Waals surface area contributed by atoms with Gasteiger partial charge in [-0.3, -0.25) is 14.8 Å². The molecule has 0 saturated carbocycles. The van der Waals surface area contributed by atoms with Crippen molar-refractivity contribution >= 4 is 22.4 Å². The molecule has 0 aliphatic heterocycles. The maximum atomic E-state index is 12.6. The lowest BCUT2D eigenvalue weighted by Crippen LogP contribution is -2.14. The zero-order valence-corrected chi connectivity index (χ0v) is 14.8. The first-order valence-corrected chi connectivity index (χ1v) is 8.89. The lowest BCUT2D eigenvalue weighted by atomic mass is 10.0. The van der Waals surface area contributed by atoms with Crippen molar-refractivity contribution in [2.45, 2.75) is 19.8 Å². The van der Waals surface area contributed by atoms with Crippen LogP contribution >= 0.6 is 11.3 Å². The molecule has 0 saturated heterocycles. The van der Waals surface area contributed by atoms with Gasteiger partial charge in [-0.25, -0.2) is 9.97 Å². The third-order valence-electron chi connectivity index (χ3n) is 4.12. The minimum Gasteiger partial charge on any atom is -0.477 e. The summed E-state index contributed by atoms with van der Waals surface area (Å²) in [5, 5.41) is 7.77. The Morgan fingerprint density at radius 1 is 1.44 bits per heavy atom. The Bertz CT molecular complexity index is 946. The SMILES string of the molecule is CCOc1ncccc1C(=O)Nc1nc2c(s1)CCc1c-2cnn1C. The van der Waals surface area contributed by atoms with Gasteiger partial charge in [-0.05, 0) is 31.9 Å². The Kier molecular flexibility index (Phi) is 3.96. The van der Waals surface area contributed by atoms with Gasteiger partial charge in [0.2, 0.25) is 5.88 Å². The van der Waals surface area contributed by atoms with Crippen molar-refractivity contribution in [3.05, 3.63) is 40.7 Å². The van der Waals surface area contributed by atoms with E-state index >= 15 is 0 Å². The first kappa shape index (κ1) is 15.8. The normalized spacial score (nSPS) is 12.4. The van der Waals surface area contributed by atoms with Crippen molar-refractivity contribution in [2.24, 2.45) is 7.05 Å². The second kappa shape index (κ2) is 6.29. The quantitative estimate of drug-likeness (QED) is 0.778. The Morgan fingerprint density at radius 2 is 2.32 bits per heavy atom. The minimum absolute atomic E-state index is 0.269. The first-order chi connectivity index (χ1) is 12.2. The summed E-state index contributed by atoms with van der Waals surface area (Å²) in [7, 11) is 1.94. The molecule has 25 heavy (non-hydrogen) atoms. The molecule has 7 nitrogen and oxygen atoms in total. The molecule has 1 amide bonds. The fourth-order valence-electron chi connectivity index (χ4n) is 2.95. The molecule has 0 spiro atoms. The second-order valence-corrected chi connectivity index (χ2v) is 6.75. The molecule has 1 aliphatic rings. The molecule has 0 aromatic carbocycles. The molecule has 3 aromatic rings. The molecule has 1 N–H and O–H groups in total. The largest absolute Gasteiger partial charge is 0.477 e. The number of rotatable bonds is 4. The maximum absolute atomic E-state index is 12.6. The number of anilines is 1. The van der Waals surface area contributed by atoms with Crippen LogP contribution in [-0.4, -0.2) is 32.3 Å². The van der Waals surface area contributed by atoms with Crippen LogP contribution < -0.4 is 10.1 Å². The van der Waals surface area contributed by atoms with E-state index in [1.807, 2.05) is 24.9 Å². The topological polar surface area (TPSA) is 81.9 Å². The zero-order chi connectivity index (χ0) is 17.4. The van der Waals surface area contributed by atoms with Crippen LogP contribution in [0.15, 0.2) is 24.5 Å². The van der Waals surface area contributed by atoms with Gasteiger partial charge in [-0.1, -0.05) is 0 Å². The number of nitrogens with zero attached hydrogens (tertiary/aromatic N) is 4. The van der Waals surface area contributed by atoms with E-state index in [1.165, 1.54) is 21.9 Å². The standard InChI is InChI=1S/C17H17N5O2S/c1-3-24-16-10(5-4-8-18-16)15(23)21-17-20-14-11-9-19-22(2)12(11)6-7-13(14)25-17/h4-5,8-9H,3,6-7H2,1-2H3,(H,20,21,23). The smallest absolute Gasteiger partial charge is 0.262 e. The summed E-state index contributed by atoms with van der Waals surface area (Å²) >= 11 is 1.51. The number of thiazole rings is 1. The Balaban J connectivity index is 1.61. The number of carbonyl (C=O) groups is 1. The molecule has 128 valence electrons. The van der Waals surface area contributed by atoms with Crippen LogP contribution in [0.2, 0.25) is 0 Å². The summed E-state index contributed by atoms with van der Waals surface area (Å²) < 4.78 is 7.32. The van der Waals surface area contributed by atoms with Crippen molar-refractivity contribution in [3.63, 3.8) is 0 Å². The average molecular weight is 355 g/mol. The van der Waals surface area contributed by atoms with E-state index in [1.54, 1.807) is 18.3 Å². The Labute approximate surface area is 148 Å². The van der Waals surface area contributed by atoms with Gasteiger partial charge < -0.3 is 4.74 Å². The van der Waals surface area contributed by atoms with Crippen molar-refractivity contribution in [3.8, 4) is 17.1 Å². The molecule has 8 heteroatoms. The third-order valence-corrected chi connectivity index (χ3v) is 5.15. The number of pyridine rings is 1. The summed E-state index contributed by atoms with van der Waals surface area (Å²) in [5.74, 6) is 0.0624. The predicted octanol–water partition coefficient (Wildman–Crippen LogP) is 2.69. The van der Waals surface area contributed by atoms with Crippen LogP contribution in [-0.2, 0) is 19.9 Å². The molecule has 0 bridgehead atoms. The van der Waals surface area contributed by atoms with Gasteiger partial charge in [0.1, 0.15) is 5.56 Å². The number of amides is 1.